The molecule has 1 atom stereocenters. The molecule has 0 aromatic heterocycles. The normalized spacial score (nSPS) is 23.3. The van der Waals surface area contributed by atoms with E-state index in [0.717, 1.165) is 6.26 Å². The zero-order valence-electron chi connectivity index (χ0n) is 9.79. The van der Waals surface area contributed by atoms with Crippen LogP contribution in [0.5, 0.6) is 0 Å². The number of amidine groups is 1. The Morgan fingerprint density at radius 2 is 2.00 bits per heavy atom. The number of aliphatic imine (C=N–C) groups is 1. The average molecular weight is 266 g/mol. The summed E-state index contributed by atoms with van der Waals surface area (Å²) in [7, 11) is -3.39. The van der Waals surface area contributed by atoms with E-state index in [9.17, 15) is 8.42 Å². The van der Waals surface area contributed by atoms with E-state index in [1.165, 1.54) is 6.07 Å². The molecule has 1 heterocycles. The highest BCUT2D eigenvalue weighted by Crippen LogP contribution is 2.26. The maximum Gasteiger partial charge on any atom is 0.212 e. The van der Waals surface area contributed by atoms with Crippen LogP contribution in [0.25, 0.3) is 0 Å². The van der Waals surface area contributed by atoms with E-state index >= 15 is 0 Å². The lowest BCUT2D eigenvalue weighted by atomic mass is 10.1. The Morgan fingerprint density at radius 3 is 2.61 bits per heavy atom. The van der Waals surface area contributed by atoms with Crippen LogP contribution in [-0.4, -0.2) is 20.5 Å². The largest absolute Gasteiger partial charge is 0.384 e. The summed E-state index contributed by atoms with van der Waals surface area (Å²) >= 11 is 0. The molecule has 0 fully saturated rings. The lowest BCUT2D eigenvalue weighted by Gasteiger charge is -2.30. The van der Waals surface area contributed by atoms with E-state index in [1.807, 2.05) is 0 Å². The predicted molar refractivity (Wildman–Crippen MR) is 69.3 cm³/mol. The molecule has 7 heteroatoms. The van der Waals surface area contributed by atoms with E-state index in [-0.39, 0.29) is 10.7 Å². The first-order valence-corrected chi connectivity index (χ1v) is 7.10. The minimum absolute atomic E-state index is 0.131. The van der Waals surface area contributed by atoms with Crippen LogP contribution in [0, 0.1) is 0 Å². The molecule has 0 saturated heterocycles. The maximum atomic E-state index is 11.7. The monoisotopic (exact) mass is 266 g/mol. The summed E-state index contributed by atoms with van der Waals surface area (Å²) in [5.74, 6) is -1.13. The van der Waals surface area contributed by atoms with Crippen molar-refractivity contribution in [2.75, 3.05) is 6.26 Å². The van der Waals surface area contributed by atoms with E-state index in [4.69, 9.17) is 11.5 Å². The standard InChI is InChI=1S/C11H14N4O2S/c1-18(16,17)9-5-3-2-4-8(9)11(13)14-7-6-10(12)15-11/h2-7,14H,13H2,1H3,(H2,12,15). The Kier molecular flexibility index (Phi) is 2.88. The molecule has 18 heavy (non-hydrogen) atoms. The molecule has 6 nitrogen and oxygen atoms in total. The second-order valence-electron chi connectivity index (χ2n) is 4.05. The second kappa shape index (κ2) is 4.11. The fraction of sp³-hybridized carbons (Fsp3) is 0.182. The van der Waals surface area contributed by atoms with Gasteiger partial charge >= 0.3 is 0 Å². The van der Waals surface area contributed by atoms with Crippen molar-refractivity contribution in [2.45, 2.75) is 10.7 Å². The maximum absolute atomic E-state index is 11.7. The van der Waals surface area contributed by atoms with Crippen molar-refractivity contribution in [1.82, 2.24) is 5.32 Å². The number of nitrogens with zero attached hydrogens (tertiary/aromatic N) is 1. The van der Waals surface area contributed by atoms with Crippen molar-refractivity contribution in [3.63, 3.8) is 0 Å². The molecule has 1 aromatic rings. The summed E-state index contributed by atoms with van der Waals surface area (Å²) in [5.41, 5.74) is 12.0. The van der Waals surface area contributed by atoms with Gasteiger partial charge < -0.3 is 11.1 Å². The third kappa shape index (κ3) is 2.22. The molecule has 96 valence electrons. The van der Waals surface area contributed by atoms with E-state index in [1.54, 1.807) is 30.5 Å². The molecule has 0 spiro atoms. The Balaban J connectivity index is 2.63. The lowest BCUT2D eigenvalue weighted by Crippen LogP contribution is -2.50. The average Bonchev–Trinajstić information content (AvgIpc) is 2.27. The number of sulfone groups is 1. The van der Waals surface area contributed by atoms with Gasteiger partial charge in [0.25, 0.3) is 0 Å². The number of rotatable bonds is 2. The van der Waals surface area contributed by atoms with Crippen molar-refractivity contribution >= 4 is 15.7 Å². The number of hydrogen-bond donors (Lipinski definition) is 3. The third-order valence-corrected chi connectivity index (χ3v) is 3.72. The summed E-state index contributed by atoms with van der Waals surface area (Å²) < 4.78 is 23.5. The van der Waals surface area contributed by atoms with Crippen molar-refractivity contribution < 1.29 is 8.42 Å². The molecule has 1 aromatic carbocycles. The minimum atomic E-state index is -3.39. The molecular weight excluding hydrogens is 252 g/mol. The molecule has 2 rings (SSSR count). The van der Waals surface area contributed by atoms with Crippen LogP contribution in [-0.2, 0) is 15.6 Å². The van der Waals surface area contributed by atoms with Crippen molar-refractivity contribution in [1.29, 1.82) is 0 Å². The molecule has 1 aliphatic heterocycles. The third-order valence-electron chi connectivity index (χ3n) is 2.56. The first kappa shape index (κ1) is 12.6. The molecule has 1 unspecified atom stereocenters. The van der Waals surface area contributed by atoms with Gasteiger partial charge in [-0.3, -0.25) is 5.73 Å². The van der Waals surface area contributed by atoms with Gasteiger partial charge in [0.15, 0.2) is 9.84 Å². The minimum Gasteiger partial charge on any atom is -0.384 e. The summed E-state index contributed by atoms with van der Waals surface area (Å²) in [6.45, 7) is 0. The van der Waals surface area contributed by atoms with Gasteiger partial charge in [-0.25, -0.2) is 13.4 Å². The van der Waals surface area contributed by atoms with Crippen LogP contribution < -0.4 is 16.8 Å². The Morgan fingerprint density at radius 1 is 1.33 bits per heavy atom. The highest BCUT2D eigenvalue weighted by molar-refractivity contribution is 7.90. The topological polar surface area (TPSA) is 111 Å². The zero-order valence-corrected chi connectivity index (χ0v) is 10.6. The molecule has 5 N–H and O–H groups in total. The summed E-state index contributed by atoms with van der Waals surface area (Å²) in [5, 5.41) is 2.82. The van der Waals surface area contributed by atoms with Crippen molar-refractivity contribution in [3.05, 3.63) is 42.1 Å². The Labute approximate surface area is 105 Å². The summed E-state index contributed by atoms with van der Waals surface area (Å²) in [6.07, 6.45) is 4.22. The molecule has 0 aliphatic carbocycles. The Hall–Kier alpha value is -1.86. The highest BCUT2D eigenvalue weighted by Gasteiger charge is 2.32. The van der Waals surface area contributed by atoms with Gasteiger partial charge in [0.2, 0.25) is 5.79 Å². The molecule has 0 bridgehead atoms. The van der Waals surface area contributed by atoms with Crippen LogP contribution in [0.15, 0.2) is 46.4 Å². The van der Waals surface area contributed by atoms with Crippen LogP contribution in [0.4, 0.5) is 0 Å². The molecule has 0 saturated carbocycles. The Bertz CT molecular complexity index is 636. The number of benzene rings is 1. The van der Waals surface area contributed by atoms with Crippen LogP contribution in [0.2, 0.25) is 0 Å². The second-order valence-corrected chi connectivity index (χ2v) is 6.03. The molecular formula is C11H14N4O2S. The van der Waals surface area contributed by atoms with Gasteiger partial charge in [0.05, 0.1) is 4.90 Å². The number of nitrogens with two attached hydrogens (primary N) is 2. The van der Waals surface area contributed by atoms with Gasteiger partial charge in [0.1, 0.15) is 5.84 Å². The van der Waals surface area contributed by atoms with Gasteiger partial charge in [-0.1, -0.05) is 18.2 Å². The smallest absolute Gasteiger partial charge is 0.212 e. The van der Waals surface area contributed by atoms with Gasteiger partial charge in [0, 0.05) is 18.0 Å². The van der Waals surface area contributed by atoms with Crippen molar-refractivity contribution in [3.8, 4) is 0 Å². The zero-order chi connectivity index (χ0) is 13.4. The lowest BCUT2D eigenvalue weighted by molar-refractivity contribution is 0.401. The predicted octanol–water partition coefficient (Wildman–Crippen LogP) is -0.367. The highest BCUT2D eigenvalue weighted by atomic mass is 32.2. The van der Waals surface area contributed by atoms with Gasteiger partial charge in [-0.05, 0) is 12.1 Å². The van der Waals surface area contributed by atoms with Crippen molar-refractivity contribution in [2.24, 2.45) is 16.5 Å². The van der Waals surface area contributed by atoms with Crippen LogP contribution in [0.3, 0.4) is 0 Å². The SMILES string of the molecule is CS(=O)(=O)c1ccccc1C1(N)N=C(N)C=CN1. The molecule has 0 amide bonds. The van der Waals surface area contributed by atoms with Gasteiger partial charge in [-0.2, -0.15) is 0 Å². The first-order chi connectivity index (χ1) is 8.33. The number of hydrogen-bond acceptors (Lipinski definition) is 6. The van der Waals surface area contributed by atoms with E-state index in [2.05, 4.69) is 10.3 Å². The van der Waals surface area contributed by atoms with E-state index < -0.39 is 15.6 Å². The number of nitrogens with one attached hydrogen (secondary N) is 1. The fourth-order valence-corrected chi connectivity index (χ4v) is 2.72. The van der Waals surface area contributed by atoms with E-state index in [0.29, 0.717) is 5.56 Å². The molecule has 1 aliphatic rings. The molecule has 0 radical (unpaired) electrons. The first-order valence-electron chi connectivity index (χ1n) is 5.21. The summed E-state index contributed by atoms with van der Waals surface area (Å²) in [6, 6.07) is 6.43. The van der Waals surface area contributed by atoms with Crippen LogP contribution >= 0.6 is 0 Å². The van der Waals surface area contributed by atoms with Crippen LogP contribution in [0.1, 0.15) is 5.56 Å². The summed E-state index contributed by atoms with van der Waals surface area (Å²) in [4.78, 5) is 4.20. The fourth-order valence-electron chi connectivity index (χ4n) is 1.77. The quantitative estimate of drug-likeness (QED) is 0.676. The van der Waals surface area contributed by atoms with Gasteiger partial charge in [-0.15, -0.1) is 0 Å².